The molecule has 1 aliphatic rings. The minimum atomic E-state index is -4.37. The minimum Gasteiger partial charge on any atom is -0.485 e. The fraction of sp³-hybridized carbons (Fsp3) is 0.321. The molecule has 1 heterocycles. The van der Waals surface area contributed by atoms with Crippen LogP contribution in [0.1, 0.15) is 52.6 Å². The number of hydrogen-bond donors (Lipinski definition) is 3. The first-order valence-electron chi connectivity index (χ1n) is 12.3. The molecule has 38 heavy (non-hydrogen) atoms. The van der Waals surface area contributed by atoms with Gasteiger partial charge in [0.2, 0.25) is 0 Å². The highest BCUT2D eigenvalue weighted by molar-refractivity contribution is 5.94. The third-order valence-corrected chi connectivity index (χ3v) is 6.31. The summed E-state index contributed by atoms with van der Waals surface area (Å²) >= 11 is 0. The van der Waals surface area contributed by atoms with E-state index >= 15 is 0 Å². The van der Waals surface area contributed by atoms with E-state index in [0.717, 1.165) is 39.9 Å². The molecule has 0 saturated heterocycles. The summed E-state index contributed by atoms with van der Waals surface area (Å²) in [4.78, 5) is 12.5. The van der Waals surface area contributed by atoms with E-state index < -0.39 is 11.7 Å². The fourth-order valence-electron chi connectivity index (χ4n) is 4.45. The number of benzene rings is 3. The number of nitrogens with one attached hydrogen (secondary N) is 3. The molecule has 1 aliphatic heterocycles. The Hall–Kier alpha value is -3.92. The smallest absolute Gasteiger partial charge is 0.416 e. The van der Waals surface area contributed by atoms with Crippen molar-refractivity contribution in [1.82, 2.24) is 16.3 Å². The second-order valence-corrected chi connectivity index (χ2v) is 9.61. The second kappa shape index (κ2) is 11.2. The minimum absolute atomic E-state index is 0.135. The lowest BCUT2D eigenvalue weighted by molar-refractivity contribution is -0.137. The van der Waals surface area contributed by atoms with Crippen LogP contribution in [0.15, 0.2) is 71.0 Å². The van der Waals surface area contributed by atoms with Crippen molar-refractivity contribution in [3.05, 3.63) is 88.5 Å². The number of rotatable bonds is 8. The summed E-state index contributed by atoms with van der Waals surface area (Å²) in [6, 6.07) is 16.3. The predicted molar refractivity (Wildman–Crippen MR) is 138 cm³/mol. The molecule has 0 saturated carbocycles. The van der Waals surface area contributed by atoms with Crippen molar-refractivity contribution in [2.24, 2.45) is 16.3 Å². The number of amides is 1. The normalized spacial score (nSPS) is 15.8. The lowest BCUT2D eigenvalue weighted by atomic mass is 9.94. The van der Waals surface area contributed by atoms with Crippen LogP contribution in [0.5, 0.6) is 5.75 Å². The molecular weight excluding hydrogens is 495 g/mol. The summed E-state index contributed by atoms with van der Waals surface area (Å²) in [5.74, 6) is 0.590. The highest BCUT2D eigenvalue weighted by Crippen LogP contribution is 2.36. The number of nitrogens with zero attached hydrogens (tertiary/aromatic N) is 2. The molecule has 1 amide bonds. The van der Waals surface area contributed by atoms with Crippen LogP contribution in [-0.4, -0.2) is 18.6 Å². The van der Waals surface area contributed by atoms with E-state index in [1.807, 2.05) is 38.1 Å². The molecule has 0 aromatic heterocycles. The SMILES string of the molecule is Cc1cc(OC(c2ccc(C(=O)NCC3N=NNN3)cc2)C(C)C)cc(C)c1-c1ccc(C(F)(F)F)cc1. The average Bonchev–Trinajstić information content (AvgIpc) is 3.39. The van der Waals surface area contributed by atoms with E-state index in [9.17, 15) is 18.0 Å². The molecule has 0 bridgehead atoms. The highest BCUT2D eigenvalue weighted by atomic mass is 19.4. The van der Waals surface area contributed by atoms with Gasteiger partial charge in [0.05, 0.1) is 12.1 Å². The Morgan fingerprint density at radius 1 is 1.03 bits per heavy atom. The summed E-state index contributed by atoms with van der Waals surface area (Å²) in [6.07, 6.45) is -4.95. The van der Waals surface area contributed by atoms with Gasteiger partial charge >= 0.3 is 6.18 Å². The van der Waals surface area contributed by atoms with E-state index in [-0.39, 0.29) is 24.1 Å². The van der Waals surface area contributed by atoms with Crippen molar-refractivity contribution in [2.45, 2.75) is 46.1 Å². The number of ether oxygens (including phenoxy) is 1. The third kappa shape index (κ3) is 6.31. The van der Waals surface area contributed by atoms with Crippen LogP contribution in [-0.2, 0) is 6.18 Å². The molecule has 3 N–H and O–H groups in total. The topological polar surface area (TPSA) is 87.1 Å². The van der Waals surface area contributed by atoms with Crippen LogP contribution in [0.25, 0.3) is 11.1 Å². The molecule has 3 aromatic rings. The van der Waals surface area contributed by atoms with E-state index in [4.69, 9.17) is 4.74 Å². The Balaban J connectivity index is 1.48. The molecule has 4 rings (SSSR count). The number of aryl methyl sites for hydroxylation is 2. The number of carbonyl (C=O) groups excluding carboxylic acids is 1. The maximum atomic E-state index is 13.0. The van der Waals surface area contributed by atoms with Crippen molar-refractivity contribution >= 4 is 5.91 Å². The molecule has 2 atom stereocenters. The number of halogens is 3. The van der Waals surface area contributed by atoms with Crippen molar-refractivity contribution < 1.29 is 22.7 Å². The van der Waals surface area contributed by atoms with Gasteiger partial charge in [-0.2, -0.15) is 18.6 Å². The molecule has 0 radical (unpaired) electrons. The molecule has 0 spiro atoms. The quantitative estimate of drug-likeness (QED) is 0.322. The first-order valence-corrected chi connectivity index (χ1v) is 12.3. The summed E-state index contributed by atoms with van der Waals surface area (Å²) in [5.41, 5.74) is 9.49. The monoisotopic (exact) mass is 525 g/mol. The van der Waals surface area contributed by atoms with Gasteiger partial charge in [-0.3, -0.25) is 4.79 Å². The van der Waals surface area contributed by atoms with Crippen molar-refractivity contribution in [3.8, 4) is 16.9 Å². The summed E-state index contributed by atoms with van der Waals surface area (Å²) in [5, 5.41) is 10.3. The largest absolute Gasteiger partial charge is 0.485 e. The summed E-state index contributed by atoms with van der Waals surface area (Å²) in [6.45, 7) is 8.25. The maximum absolute atomic E-state index is 13.0. The average molecular weight is 526 g/mol. The van der Waals surface area contributed by atoms with Gasteiger partial charge in [-0.05, 0) is 84.0 Å². The summed E-state index contributed by atoms with van der Waals surface area (Å²) < 4.78 is 45.3. The van der Waals surface area contributed by atoms with Crippen LogP contribution in [0.3, 0.4) is 0 Å². The molecule has 3 aromatic carbocycles. The highest BCUT2D eigenvalue weighted by Gasteiger charge is 2.30. The van der Waals surface area contributed by atoms with Gasteiger partial charge in [0.15, 0.2) is 6.17 Å². The Bertz CT molecular complexity index is 1280. The fourth-order valence-corrected chi connectivity index (χ4v) is 4.45. The van der Waals surface area contributed by atoms with E-state index in [1.54, 1.807) is 12.1 Å². The number of alkyl halides is 3. The van der Waals surface area contributed by atoms with Crippen LogP contribution in [0.2, 0.25) is 0 Å². The van der Waals surface area contributed by atoms with Crippen molar-refractivity contribution in [3.63, 3.8) is 0 Å². The van der Waals surface area contributed by atoms with Crippen LogP contribution in [0, 0.1) is 19.8 Å². The molecule has 2 unspecified atom stereocenters. The zero-order valence-electron chi connectivity index (χ0n) is 21.6. The molecule has 0 aliphatic carbocycles. The molecular formula is C28H30F3N5O2. The van der Waals surface area contributed by atoms with Gasteiger partial charge in [-0.1, -0.05) is 43.3 Å². The first kappa shape index (κ1) is 27.1. The second-order valence-electron chi connectivity index (χ2n) is 9.61. The van der Waals surface area contributed by atoms with E-state index in [0.29, 0.717) is 17.9 Å². The lowest BCUT2D eigenvalue weighted by Crippen LogP contribution is -2.40. The van der Waals surface area contributed by atoms with Crippen molar-refractivity contribution in [2.75, 3.05) is 6.54 Å². The van der Waals surface area contributed by atoms with Gasteiger partial charge < -0.3 is 10.1 Å². The summed E-state index contributed by atoms with van der Waals surface area (Å²) in [7, 11) is 0. The van der Waals surface area contributed by atoms with Crippen LogP contribution >= 0.6 is 0 Å². The van der Waals surface area contributed by atoms with Crippen LogP contribution in [0.4, 0.5) is 13.2 Å². The van der Waals surface area contributed by atoms with E-state index in [2.05, 4.69) is 40.5 Å². The molecule has 0 fully saturated rings. The maximum Gasteiger partial charge on any atom is 0.416 e. The first-order chi connectivity index (χ1) is 18.0. The lowest BCUT2D eigenvalue weighted by Gasteiger charge is -2.24. The Morgan fingerprint density at radius 3 is 2.18 bits per heavy atom. The molecule has 7 nitrogen and oxygen atoms in total. The van der Waals surface area contributed by atoms with E-state index in [1.165, 1.54) is 12.1 Å². The Kier molecular flexibility index (Phi) is 8.01. The number of hydrogen-bond acceptors (Lipinski definition) is 6. The standard InChI is InChI=1S/C28H30F3N5O2/c1-16(2)26(20-5-7-21(8-6-20)27(37)32-15-24-33-35-36-34-24)38-23-13-17(3)25(18(4)14-23)19-9-11-22(12-10-19)28(29,30)31/h5-14,16,24,26H,15H2,1-4H3,(H,32,37)(H,33,36)(H,34,35). The number of carbonyl (C=O) groups is 1. The molecule has 10 heteroatoms. The van der Waals surface area contributed by atoms with Crippen LogP contribution < -0.4 is 21.0 Å². The Labute approximate surface area is 219 Å². The van der Waals surface area contributed by atoms with Gasteiger partial charge in [0, 0.05) is 5.56 Å². The zero-order valence-corrected chi connectivity index (χ0v) is 21.6. The number of hydrazine groups is 1. The third-order valence-electron chi connectivity index (χ3n) is 6.31. The van der Waals surface area contributed by atoms with Gasteiger partial charge in [-0.25, -0.2) is 5.53 Å². The zero-order chi connectivity index (χ0) is 27.4. The Morgan fingerprint density at radius 2 is 1.66 bits per heavy atom. The molecule has 200 valence electrons. The van der Waals surface area contributed by atoms with Gasteiger partial charge in [0.1, 0.15) is 11.9 Å². The van der Waals surface area contributed by atoms with Crippen molar-refractivity contribution in [1.29, 1.82) is 0 Å². The predicted octanol–water partition coefficient (Wildman–Crippen LogP) is 6.30. The van der Waals surface area contributed by atoms with Gasteiger partial charge in [-0.15, -0.1) is 5.11 Å². The van der Waals surface area contributed by atoms with Gasteiger partial charge in [0.25, 0.3) is 5.91 Å².